The van der Waals surface area contributed by atoms with E-state index in [-0.39, 0.29) is 16.6 Å². The number of Topliss-reactive ketones (excluding diaryl/α,β-unsaturated/α-hetero) is 1. The second-order valence-corrected chi connectivity index (χ2v) is 10.3. The van der Waals surface area contributed by atoms with Crippen LogP contribution in [0.2, 0.25) is 0 Å². The van der Waals surface area contributed by atoms with Gasteiger partial charge in [0.1, 0.15) is 17.8 Å². The van der Waals surface area contributed by atoms with Gasteiger partial charge in [-0.3, -0.25) is 9.69 Å². The molecule has 3 aromatic rings. The monoisotopic (exact) mass is 417 g/mol. The number of hydrogen-bond donors (Lipinski definition) is 1. The summed E-state index contributed by atoms with van der Waals surface area (Å²) in [5.41, 5.74) is 3.32. The van der Waals surface area contributed by atoms with Crippen molar-refractivity contribution in [3.63, 3.8) is 0 Å². The molecule has 1 aliphatic heterocycles. The Kier molecular flexibility index (Phi) is 4.85. The Morgan fingerprint density at radius 2 is 1.84 bits per heavy atom. The Morgan fingerprint density at radius 3 is 2.55 bits per heavy atom. The van der Waals surface area contributed by atoms with Crippen LogP contribution in [0.5, 0.6) is 0 Å². The van der Waals surface area contributed by atoms with Crippen molar-refractivity contribution in [3.8, 4) is 0 Å². The third-order valence-electron chi connectivity index (χ3n) is 6.80. The lowest BCUT2D eigenvalue weighted by Crippen LogP contribution is -2.35. The van der Waals surface area contributed by atoms with Gasteiger partial charge in [-0.05, 0) is 29.9 Å². The fourth-order valence-electron chi connectivity index (χ4n) is 4.72. The second kappa shape index (κ2) is 7.45. The van der Waals surface area contributed by atoms with E-state index in [9.17, 15) is 4.79 Å². The van der Waals surface area contributed by atoms with Crippen LogP contribution in [-0.2, 0) is 5.41 Å². The quantitative estimate of drug-likeness (QED) is 0.649. The molecule has 6 heteroatoms. The van der Waals surface area contributed by atoms with Crippen molar-refractivity contribution in [2.24, 2.45) is 5.41 Å². The molecule has 2 aliphatic rings. The van der Waals surface area contributed by atoms with E-state index in [1.165, 1.54) is 18.4 Å². The van der Waals surface area contributed by atoms with Crippen LogP contribution in [-0.4, -0.2) is 58.4 Å². The van der Waals surface area contributed by atoms with Crippen molar-refractivity contribution in [2.75, 3.05) is 37.6 Å². The van der Waals surface area contributed by atoms with Gasteiger partial charge in [0.25, 0.3) is 0 Å². The lowest BCUT2D eigenvalue weighted by molar-refractivity contribution is 0.0924. The van der Waals surface area contributed by atoms with Gasteiger partial charge in [-0.2, -0.15) is 0 Å². The number of anilines is 1. The summed E-state index contributed by atoms with van der Waals surface area (Å²) in [5.74, 6) is 1.21. The highest BCUT2D eigenvalue weighted by atomic mass is 16.1. The van der Waals surface area contributed by atoms with Crippen molar-refractivity contribution in [1.29, 1.82) is 0 Å². The highest BCUT2D eigenvalue weighted by molar-refractivity contribution is 5.97. The average molecular weight is 418 g/mol. The van der Waals surface area contributed by atoms with Crippen molar-refractivity contribution < 1.29 is 4.79 Å². The predicted octanol–water partition coefficient (Wildman–Crippen LogP) is 4.04. The van der Waals surface area contributed by atoms with Gasteiger partial charge in [-0.25, -0.2) is 9.97 Å². The molecule has 0 unspecified atom stereocenters. The largest absolute Gasteiger partial charge is 0.354 e. The van der Waals surface area contributed by atoms with E-state index in [1.807, 2.05) is 18.3 Å². The molecular formula is C25H31N5O. The molecule has 162 valence electrons. The maximum Gasteiger partial charge on any atom is 0.176 e. The van der Waals surface area contributed by atoms with Crippen LogP contribution < -0.4 is 4.90 Å². The molecule has 1 spiro atoms. The summed E-state index contributed by atoms with van der Waals surface area (Å²) in [6.45, 7) is 10.8. The summed E-state index contributed by atoms with van der Waals surface area (Å²) in [4.78, 5) is 29.9. The number of aromatic nitrogens is 3. The third kappa shape index (κ3) is 4.09. The summed E-state index contributed by atoms with van der Waals surface area (Å²) < 4.78 is 0. The molecule has 1 saturated heterocycles. The van der Waals surface area contributed by atoms with Gasteiger partial charge < -0.3 is 9.88 Å². The van der Waals surface area contributed by atoms with Crippen molar-refractivity contribution in [1.82, 2.24) is 19.9 Å². The van der Waals surface area contributed by atoms with Crippen molar-refractivity contribution >= 4 is 22.6 Å². The number of fused-ring (bicyclic) bond motifs is 1. The van der Waals surface area contributed by atoms with Crippen LogP contribution in [0, 0.1) is 5.41 Å². The highest BCUT2D eigenvalue weighted by Gasteiger charge is 2.47. The van der Waals surface area contributed by atoms with Crippen LogP contribution in [0.3, 0.4) is 0 Å². The van der Waals surface area contributed by atoms with Gasteiger partial charge in [0, 0.05) is 43.4 Å². The molecule has 0 radical (unpaired) electrons. The van der Waals surface area contributed by atoms with E-state index >= 15 is 0 Å². The number of aromatic amines is 1. The standard InChI is InChI=1S/C25H31N5O/c1-24(2,3)19-6-4-18(5-7-19)21(31)14-29-12-13-30(16-25(15-29)9-10-25)23-20-8-11-26-22(20)27-17-28-23/h4-8,11,17H,9-10,12-16H2,1-3H3,(H,26,27,28). The van der Waals surface area contributed by atoms with Crippen LogP contribution in [0.1, 0.15) is 49.5 Å². The zero-order chi connectivity index (χ0) is 21.6. The molecule has 1 N–H and O–H groups in total. The van der Waals surface area contributed by atoms with Crippen molar-refractivity contribution in [2.45, 2.75) is 39.0 Å². The van der Waals surface area contributed by atoms with Gasteiger partial charge >= 0.3 is 0 Å². The minimum Gasteiger partial charge on any atom is -0.354 e. The average Bonchev–Trinajstić information content (AvgIpc) is 3.37. The third-order valence-corrected chi connectivity index (χ3v) is 6.80. The molecule has 0 amide bonds. The van der Waals surface area contributed by atoms with E-state index in [4.69, 9.17) is 0 Å². The first kappa shape index (κ1) is 20.2. The maximum atomic E-state index is 13.0. The topological polar surface area (TPSA) is 65.1 Å². The Balaban J connectivity index is 1.31. The van der Waals surface area contributed by atoms with Crippen molar-refractivity contribution in [3.05, 3.63) is 54.0 Å². The Bertz CT molecular complexity index is 1090. The summed E-state index contributed by atoms with van der Waals surface area (Å²) >= 11 is 0. The number of nitrogens with one attached hydrogen (secondary N) is 1. The molecule has 1 aliphatic carbocycles. The molecule has 0 bridgehead atoms. The molecule has 2 fully saturated rings. The molecule has 0 atom stereocenters. The minimum atomic E-state index is 0.0973. The summed E-state index contributed by atoms with van der Waals surface area (Å²) in [6, 6.07) is 10.2. The van der Waals surface area contributed by atoms with E-state index < -0.39 is 0 Å². The lowest BCUT2D eigenvalue weighted by Gasteiger charge is -2.25. The first-order valence-corrected chi connectivity index (χ1v) is 11.2. The molecule has 31 heavy (non-hydrogen) atoms. The highest BCUT2D eigenvalue weighted by Crippen LogP contribution is 2.48. The number of ketones is 1. The fourth-order valence-corrected chi connectivity index (χ4v) is 4.72. The molecule has 3 heterocycles. The van der Waals surface area contributed by atoms with Crippen LogP contribution in [0.15, 0.2) is 42.9 Å². The minimum absolute atomic E-state index is 0.0973. The fraction of sp³-hybridized carbons (Fsp3) is 0.480. The summed E-state index contributed by atoms with van der Waals surface area (Å²) in [5, 5.41) is 1.07. The SMILES string of the molecule is CC(C)(C)c1ccc(C(=O)CN2CCN(c3ncnc4[nH]ccc34)CC3(CC3)C2)cc1. The number of nitrogens with zero attached hydrogens (tertiary/aromatic N) is 4. The Hall–Kier alpha value is -2.73. The molecule has 1 saturated carbocycles. The van der Waals surface area contributed by atoms with E-state index in [1.54, 1.807) is 6.33 Å². The molecule has 6 nitrogen and oxygen atoms in total. The number of carbonyl (C=O) groups is 1. The van der Waals surface area contributed by atoms with E-state index in [0.717, 1.165) is 48.6 Å². The smallest absolute Gasteiger partial charge is 0.176 e. The van der Waals surface area contributed by atoms with Crippen LogP contribution in [0.25, 0.3) is 11.0 Å². The van der Waals surface area contributed by atoms with Gasteiger partial charge in [0.05, 0.1) is 11.9 Å². The van der Waals surface area contributed by atoms with Gasteiger partial charge in [-0.15, -0.1) is 0 Å². The van der Waals surface area contributed by atoms with Crippen LogP contribution in [0.4, 0.5) is 5.82 Å². The number of carbonyl (C=O) groups excluding carboxylic acids is 1. The molecular weight excluding hydrogens is 386 g/mol. The van der Waals surface area contributed by atoms with E-state index in [2.05, 4.69) is 63.7 Å². The van der Waals surface area contributed by atoms with Gasteiger partial charge in [0.2, 0.25) is 0 Å². The van der Waals surface area contributed by atoms with Crippen LogP contribution >= 0.6 is 0 Å². The first-order valence-electron chi connectivity index (χ1n) is 11.2. The zero-order valence-corrected chi connectivity index (χ0v) is 18.7. The molecule has 1 aromatic carbocycles. The molecule has 5 rings (SSSR count). The Labute approximate surface area is 183 Å². The van der Waals surface area contributed by atoms with E-state index in [0.29, 0.717) is 6.54 Å². The summed E-state index contributed by atoms with van der Waals surface area (Å²) in [6.07, 6.45) is 6.00. The van der Waals surface area contributed by atoms with Gasteiger partial charge in [0.15, 0.2) is 5.78 Å². The second-order valence-electron chi connectivity index (χ2n) is 10.3. The summed E-state index contributed by atoms with van der Waals surface area (Å²) in [7, 11) is 0. The number of benzene rings is 1. The lowest BCUT2D eigenvalue weighted by atomic mass is 9.86. The number of rotatable bonds is 4. The molecule has 2 aromatic heterocycles. The normalized spacial score (nSPS) is 19.0. The number of hydrogen-bond acceptors (Lipinski definition) is 5. The van der Waals surface area contributed by atoms with Gasteiger partial charge in [-0.1, -0.05) is 45.0 Å². The number of H-pyrrole nitrogens is 1. The first-order chi connectivity index (χ1) is 14.8. The maximum absolute atomic E-state index is 13.0. The predicted molar refractivity (Wildman–Crippen MR) is 124 cm³/mol. The Morgan fingerprint density at radius 1 is 1.06 bits per heavy atom. The zero-order valence-electron chi connectivity index (χ0n) is 18.7.